The molecule has 0 amide bonds. The number of benzene rings is 1. The third-order valence-corrected chi connectivity index (χ3v) is 4.28. The number of hydrogen-bond donors (Lipinski definition) is 1. The average molecular weight is 237 g/mol. The zero-order valence-electron chi connectivity index (χ0n) is 9.95. The summed E-state index contributed by atoms with van der Waals surface area (Å²) in [4.78, 5) is 0. The molecule has 2 nitrogen and oxygen atoms in total. The van der Waals surface area contributed by atoms with E-state index in [4.69, 9.17) is 4.74 Å². The van der Waals surface area contributed by atoms with E-state index in [1.165, 1.54) is 24.1 Å². The molecule has 16 heavy (non-hydrogen) atoms. The van der Waals surface area contributed by atoms with Gasteiger partial charge in [0.25, 0.3) is 0 Å². The van der Waals surface area contributed by atoms with Crippen molar-refractivity contribution in [3.05, 3.63) is 29.3 Å². The molecule has 0 aliphatic carbocycles. The second kappa shape index (κ2) is 5.60. The van der Waals surface area contributed by atoms with E-state index in [0.717, 1.165) is 23.3 Å². The second-order valence-corrected chi connectivity index (χ2v) is 5.53. The maximum Gasteiger partial charge on any atom is 0.122 e. The highest BCUT2D eigenvalue weighted by Crippen LogP contribution is 2.28. The van der Waals surface area contributed by atoms with Gasteiger partial charge in [-0.3, -0.25) is 0 Å². The van der Waals surface area contributed by atoms with Crippen molar-refractivity contribution in [2.45, 2.75) is 24.3 Å². The Bertz CT molecular complexity index is 348. The molecule has 0 radical (unpaired) electrons. The molecule has 2 rings (SSSR count). The van der Waals surface area contributed by atoms with Crippen LogP contribution in [-0.2, 0) is 5.75 Å². The van der Waals surface area contributed by atoms with Crippen molar-refractivity contribution in [3.63, 3.8) is 0 Å². The summed E-state index contributed by atoms with van der Waals surface area (Å²) in [5, 5.41) is 4.17. The van der Waals surface area contributed by atoms with Crippen molar-refractivity contribution in [1.82, 2.24) is 5.32 Å². The van der Waals surface area contributed by atoms with Gasteiger partial charge in [-0.15, -0.1) is 0 Å². The van der Waals surface area contributed by atoms with Gasteiger partial charge in [0.2, 0.25) is 0 Å². The van der Waals surface area contributed by atoms with Gasteiger partial charge < -0.3 is 10.1 Å². The van der Waals surface area contributed by atoms with Crippen molar-refractivity contribution >= 4 is 11.8 Å². The predicted octanol–water partition coefficient (Wildman–Crippen LogP) is 2.60. The van der Waals surface area contributed by atoms with E-state index in [0.29, 0.717) is 0 Å². The smallest absolute Gasteiger partial charge is 0.122 e. The molecule has 1 aliphatic rings. The monoisotopic (exact) mass is 237 g/mol. The van der Waals surface area contributed by atoms with Gasteiger partial charge in [0.1, 0.15) is 5.75 Å². The first-order valence-electron chi connectivity index (χ1n) is 5.75. The minimum Gasteiger partial charge on any atom is -0.496 e. The van der Waals surface area contributed by atoms with Gasteiger partial charge in [-0.05, 0) is 26.0 Å². The van der Waals surface area contributed by atoms with Gasteiger partial charge in [-0.25, -0.2) is 0 Å². The van der Waals surface area contributed by atoms with Crippen LogP contribution in [0.1, 0.15) is 17.5 Å². The summed E-state index contributed by atoms with van der Waals surface area (Å²) >= 11 is 2.03. The summed E-state index contributed by atoms with van der Waals surface area (Å²) in [6.45, 7) is 4.45. The molecule has 0 saturated carbocycles. The van der Waals surface area contributed by atoms with E-state index < -0.39 is 0 Å². The molecule has 0 spiro atoms. The molecule has 0 bridgehead atoms. The quantitative estimate of drug-likeness (QED) is 0.869. The largest absolute Gasteiger partial charge is 0.496 e. The summed E-state index contributed by atoms with van der Waals surface area (Å²) in [6.07, 6.45) is 1.29. The Morgan fingerprint density at radius 2 is 2.38 bits per heavy atom. The molecule has 1 fully saturated rings. The second-order valence-electron chi connectivity index (χ2n) is 4.24. The lowest BCUT2D eigenvalue weighted by atomic mass is 10.1. The molecule has 1 saturated heterocycles. The summed E-state index contributed by atoms with van der Waals surface area (Å²) in [5.41, 5.74) is 2.63. The lowest BCUT2D eigenvalue weighted by Crippen LogP contribution is -2.10. The topological polar surface area (TPSA) is 21.3 Å². The molecule has 1 N–H and O–H groups in total. The van der Waals surface area contributed by atoms with Crippen LogP contribution in [0, 0.1) is 6.92 Å². The molecule has 88 valence electrons. The first kappa shape index (κ1) is 11.8. The van der Waals surface area contributed by atoms with E-state index in [-0.39, 0.29) is 0 Å². The van der Waals surface area contributed by atoms with Crippen LogP contribution in [0.3, 0.4) is 0 Å². The van der Waals surface area contributed by atoms with Crippen molar-refractivity contribution in [1.29, 1.82) is 0 Å². The van der Waals surface area contributed by atoms with Gasteiger partial charge in [-0.1, -0.05) is 17.7 Å². The first-order valence-corrected chi connectivity index (χ1v) is 6.80. The Kier molecular flexibility index (Phi) is 4.13. The zero-order chi connectivity index (χ0) is 11.4. The standard InChI is InChI=1S/C13H19NOS/c1-10-3-4-13(15-2)11(7-10)9-16-12-5-6-14-8-12/h3-4,7,12,14H,5-6,8-9H2,1-2H3. The molecule has 1 heterocycles. The molecule has 1 atom stereocenters. The van der Waals surface area contributed by atoms with Crippen LogP contribution in [0.15, 0.2) is 18.2 Å². The summed E-state index contributed by atoms with van der Waals surface area (Å²) < 4.78 is 5.39. The van der Waals surface area contributed by atoms with E-state index in [2.05, 4.69) is 30.4 Å². The highest BCUT2D eigenvalue weighted by molar-refractivity contribution is 7.99. The SMILES string of the molecule is COc1ccc(C)cc1CSC1CCNC1. The maximum absolute atomic E-state index is 5.39. The highest BCUT2D eigenvalue weighted by atomic mass is 32.2. The number of rotatable bonds is 4. The molecule has 1 aromatic rings. The van der Waals surface area contributed by atoms with E-state index in [1.54, 1.807) is 7.11 Å². The fourth-order valence-electron chi connectivity index (χ4n) is 2.00. The van der Waals surface area contributed by atoms with Gasteiger partial charge in [0.05, 0.1) is 7.11 Å². The Morgan fingerprint density at radius 3 is 3.06 bits per heavy atom. The third-order valence-electron chi connectivity index (χ3n) is 2.93. The lowest BCUT2D eigenvalue weighted by Gasteiger charge is -2.12. The molecule has 3 heteroatoms. The Hall–Kier alpha value is -0.670. The van der Waals surface area contributed by atoms with Crippen molar-refractivity contribution in [2.24, 2.45) is 0 Å². The summed E-state index contributed by atoms with van der Waals surface area (Å²) in [5.74, 6) is 2.07. The number of nitrogens with one attached hydrogen (secondary N) is 1. The number of hydrogen-bond acceptors (Lipinski definition) is 3. The van der Waals surface area contributed by atoms with Crippen LogP contribution >= 0.6 is 11.8 Å². The van der Waals surface area contributed by atoms with Gasteiger partial charge in [-0.2, -0.15) is 11.8 Å². The Labute approximate surface area is 102 Å². The molecular weight excluding hydrogens is 218 g/mol. The molecule has 0 aromatic heterocycles. The summed E-state index contributed by atoms with van der Waals surface area (Å²) in [6, 6.07) is 6.40. The van der Waals surface area contributed by atoms with Gasteiger partial charge in [0.15, 0.2) is 0 Å². The van der Waals surface area contributed by atoms with Crippen molar-refractivity contribution < 1.29 is 4.74 Å². The number of thioether (sulfide) groups is 1. The maximum atomic E-state index is 5.39. The minimum absolute atomic E-state index is 0.769. The van der Waals surface area contributed by atoms with E-state index in [1.807, 2.05) is 11.8 Å². The zero-order valence-corrected chi connectivity index (χ0v) is 10.8. The fraction of sp³-hybridized carbons (Fsp3) is 0.538. The Balaban J connectivity index is 1.98. The van der Waals surface area contributed by atoms with Crippen LogP contribution in [-0.4, -0.2) is 25.4 Å². The van der Waals surface area contributed by atoms with Crippen molar-refractivity contribution in [2.75, 3.05) is 20.2 Å². The number of aryl methyl sites for hydroxylation is 1. The predicted molar refractivity (Wildman–Crippen MR) is 70.3 cm³/mol. The molecule has 1 unspecified atom stereocenters. The van der Waals surface area contributed by atoms with Crippen LogP contribution in [0.4, 0.5) is 0 Å². The van der Waals surface area contributed by atoms with Crippen LogP contribution in [0.5, 0.6) is 5.75 Å². The number of methoxy groups -OCH3 is 1. The molecular formula is C13H19NOS. The van der Waals surface area contributed by atoms with Crippen LogP contribution in [0.2, 0.25) is 0 Å². The average Bonchev–Trinajstić information content (AvgIpc) is 2.79. The van der Waals surface area contributed by atoms with Gasteiger partial charge in [0, 0.05) is 23.1 Å². The molecule has 1 aromatic carbocycles. The van der Waals surface area contributed by atoms with Crippen LogP contribution < -0.4 is 10.1 Å². The minimum atomic E-state index is 0.769. The normalized spacial score (nSPS) is 20.0. The summed E-state index contributed by atoms with van der Waals surface area (Å²) in [7, 11) is 1.75. The van der Waals surface area contributed by atoms with Crippen molar-refractivity contribution in [3.8, 4) is 5.75 Å². The Morgan fingerprint density at radius 1 is 1.50 bits per heavy atom. The first-order chi connectivity index (χ1) is 7.79. The number of ether oxygens (including phenoxy) is 1. The molecule has 1 aliphatic heterocycles. The van der Waals surface area contributed by atoms with E-state index in [9.17, 15) is 0 Å². The third kappa shape index (κ3) is 2.92. The van der Waals surface area contributed by atoms with E-state index >= 15 is 0 Å². The highest BCUT2D eigenvalue weighted by Gasteiger charge is 2.15. The van der Waals surface area contributed by atoms with Gasteiger partial charge >= 0.3 is 0 Å². The lowest BCUT2D eigenvalue weighted by molar-refractivity contribution is 0.411. The fourth-order valence-corrected chi connectivity index (χ4v) is 3.16. The van der Waals surface area contributed by atoms with Crippen LogP contribution in [0.25, 0.3) is 0 Å².